The highest BCUT2D eigenvalue weighted by Gasteiger charge is 2.23. The first-order valence-corrected chi connectivity index (χ1v) is 8.21. The topological polar surface area (TPSA) is 76.3 Å². The lowest BCUT2D eigenvalue weighted by Crippen LogP contribution is -2.30. The first-order valence-electron chi connectivity index (χ1n) is 6.39. The van der Waals surface area contributed by atoms with Crippen LogP contribution in [0.1, 0.15) is 12.5 Å². The molecular weight excluding hydrogens is 310 g/mol. The van der Waals surface area contributed by atoms with Gasteiger partial charge in [0.25, 0.3) is 0 Å². The van der Waals surface area contributed by atoms with Crippen LogP contribution in [0.2, 0.25) is 5.02 Å². The molecule has 1 aromatic carbocycles. The van der Waals surface area contributed by atoms with E-state index in [2.05, 4.69) is 4.98 Å². The van der Waals surface area contributed by atoms with Gasteiger partial charge in [0, 0.05) is 25.5 Å². The minimum Gasteiger partial charge on any atom is -0.398 e. The van der Waals surface area contributed by atoms with Crippen LogP contribution in [0, 0.1) is 0 Å². The molecule has 0 amide bonds. The van der Waals surface area contributed by atoms with Crippen LogP contribution in [0.5, 0.6) is 0 Å². The lowest BCUT2D eigenvalue weighted by Gasteiger charge is -2.20. The number of nitrogens with two attached hydrogens (primary N) is 1. The fourth-order valence-corrected chi connectivity index (χ4v) is 3.59. The van der Waals surface area contributed by atoms with Crippen molar-refractivity contribution in [3.63, 3.8) is 0 Å². The van der Waals surface area contributed by atoms with Crippen molar-refractivity contribution in [3.05, 3.63) is 53.3 Å². The van der Waals surface area contributed by atoms with E-state index in [1.807, 2.05) is 0 Å². The first-order chi connectivity index (χ1) is 9.95. The molecule has 5 nitrogen and oxygen atoms in total. The maximum absolute atomic E-state index is 12.6. The standard InChI is InChI=1S/C14H16ClN3O2S/c1-2-18(10-11-5-7-17-8-6-11)21(19,20)12-3-4-14(16)13(15)9-12/h3-9H,2,10,16H2,1H3. The minimum absolute atomic E-state index is 0.137. The average molecular weight is 326 g/mol. The lowest BCUT2D eigenvalue weighted by atomic mass is 10.3. The van der Waals surface area contributed by atoms with Crippen molar-refractivity contribution in [2.45, 2.75) is 18.4 Å². The molecule has 0 fully saturated rings. The molecule has 0 saturated heterocycles. The van der Waals surface area contributed by atoms with Gasteiger partial charge in [0.15, 0.2) is 0 Å². The molecule has 0 spiro atoms. The van der Waals surface area contributed by atoms with E-state index in [9.17, 15) is 8.42 Å². The number of halogens is 1. The Balaban J connectivity index is 2.33. The molecule has 1 aromatic heterocycles. The van der Waals surface area contributed by atoms with Gasteiger partial charge in [-0.15, -0.1) is 0 Å². The Hall–Kier alpha value is -1.63. The number of hydrogen-bond acceptors (Lipinski definition) is 4. The van der Waals surface area contributed by atoms with Gasteiger partial charge in [0.1, 0.15) is 0 Å². The van der Waals surface area contributed by atoms with E-state index in [1.54, 1.807) is 31.5 Å². The zero-order valence-electron chi connectivity index (χ0n) is 11.5. The Morgan fingerprint density at radius 1 is 1.24 bits per heavy atom. The monoisotopic (exact) mass is 325 g/mol. The number of rotatable bonds is 5. The molecule has 21 heavy (non-hydrogen) atoms. The molecule has 0 bridgehead atoms. The van der Waals surface area contributed by atoms with Crippen LogP contribution in [0.4, 0.5) is 5.69 Å². The molecule has 2 aromatic rings. The van der Waals surface area contributed by atoms with Crippen molar-refractivity contribution in [2.75, 3.05) is 12.3 Å². The van der Waals surface area contributed by atoms with Crippen LogP contribution in [0.25, 0.3) is 0 Å². The summed E-state index contributed by atoms with van der Waals surface area (Å²) in [6, 6.07) is 7.91. The molecular formula is C14H16ClN3O2S. The molecule has 0 unspecified atom stereocenters. The van der Waals surface area contributed by atoms with Crippen molar-refractivity contribution in [3.8, 4) is 0 Å². The van der Waals surface area contributed by atoms with E-state index in [4.69, 9.17) is 17.3 Å². The molecule has 2 rings (SSSR count). The van der Waals surface area contributed by atoms with Crippen molar-refractivity contribution >= 4 is 27.3 Å². The quantitative estimate of drug-likeness (QED) is 0.857. The molecule has 0 aliphatic heterocycles. The van der Waals surface area contributed by atoms with Crippen LogP contribution in [0.3, 0.4) is 0 Å². The molecule has 0 aliphatic carbocycles. The molecule has 1 heterocycles. The Kier molecular flexibility index (Phi) is 4.82. The van der Waals surface area contributed by atoms with Gasteiger partial charge in [0.2, 0.25) is 10.0 Å². The Bertz CT molecular complexity index is 720. The van der Waals surface area contributed by atoms with Gasteiger partial charge in [-0.25, -0.2) is 8.42 Å². The highest BCUT2D eigenvalue weighted by Crippen LogP contribution is 2.25. The van der Waals surface area contributed by atoms with Crippen molar-refractivity contribution < 1.29 is 8.42 Å². The summed E-state index contributed by atoms with van der Waals surface area (Å²) >= 11 is 5.91. The van der Waals surface area contributed by atoms with Gasteiger partial charge in [-0.1, -0.05) is 18.5 Å². The number of nitrogens with zero attached hydrogens (tertiary/aromatic N) is 2. The number of nitrogen functional groups attached to an aromatic ring is 1. The number of anilines is 1. The summed E-state index contributed by atoms with van der Waals surface area (Å²) in [4.78, 5) is 4.06. The molecule has 0 radical (unpaired) electrons. The van der Waals surface area contributed by atoms with Gasteiger partial charge in [-0.3, -0.25) is 4.98 Å². The number of aromatic nitrogens is 1. The maximum Gasteiger partial charge on any atom is 0.243 e. The third kappa shape index (κ3) is 3.53. The van der Waals surface area contributed by atoms with Crippen LogP contribution in [0.15, 0.2) is 47.6 Å². The Morgan fingerprint density at radius 2 is 1.90 bits per heavy atom. The smallest absolute Gasteiger partial charge is 0.243 e. The van der Waals surface area contributed by atoms with E-state index in [1.165, 1.54) is 22.5 Å². The van der Waals surface area contributed by atoms with Crippen molar-refractivity contribution in [2.24, 2.45) is 0 Å². The second-order valence-electron chi connectivity index (χ2n) is 4.47. The van der Waals surface area contributed by atoms with Gasteiger partial charge < -0.3 is 5.73 Å². The van der Waals surface area contributed by atoms with Crippen LogP contribution in [-0.2, 0) is 16.6 Å². The highest BCUT2D eigenvalue weighted by molar-refractivity contribution is 7.89. The van der Waals surface area contributed by atoms with Gasteiger partial charge in [-0.2, -0.15) is 4.31 Å². The van der Waals surface area contributed by atoms with E-state index in [0.29, 0.717) is 12.2 Å². The predicted molar refractivity (Wildman–Crippen MR) is 83.4 cm³/mol. The number of hydrogen-bond donors (Lipinski definition) is 1. The lowest BCUT2D eigenvalue weighted by molar-refractivity contribution is 0.423. The van der Waals surface area contributed by atoms with Crippen molar-refractivity contribution in [1.29, 1.82) is 0 Å². The zero-order valence-corrected chi connectivity index (χ0v) is 13.1. The minimum atomic E-state index is -3.62. The Morgan fingerprint density at radius 3 is 2.48 bits per heavy atom. The first kappa shape index (κ1) is 15.8. The number of sulfonamides is 1. The predicted octanol–water partition coefficient (Wildman–Crippen LogP) is 2.53. The third-order valence-corrected chi connectivity index (χ3v) is 5.31. The number of pyridine rings is 1. The van der Waals surface area contributed by atoms with Gasteiger partial charge in [-0.05, 0) is 35.9 Å². The maximum atomic E-state index is 12.6. The normalized spacial score (nSPS) is 11.8. The van der Waals surface area contributed by atoms with E-state index in [-0.39, 0.29) is 16.5 Å². The molecule has 7 heteroatoms. The van der Waals surface area contributed by atoms with Crippen molar-refractivity contribution in [1.82, 2.24) is 9.29 Å². The molecule has 0 saturated carbocycles. The molecule has 0 atom stereocenters. The third-order valence-electron chi connectivity index (χ3n) is 3.07. The average Bonchev–Trinajstić information content (AvgIpc) is 2.48. The van der Waals surface area contributed by atoms with Crippen LogP contribution < -0.4 is 5.73 Å². The van der Waals surface area contributed by atoms with E-state index < -0.39 is 10.0 Å². The molecule has 2 N–H and O–H groups in total. The second kappa shape index (κ2) is 6.43. The fourth-order valence-electron chi connectivity index (χ4n) is 1.88. The largest absolute Gasteiger partial charge is 0.398 e. The number of benzene rings is 1. The highest BCUT2D eigenvalue weighted by atomic mass is 35.5. The van der Waals surface area contributed by atoms with Gasteiger partial charge in [0.05, 0.1) is 15.6 Å². The fraction of sp³-hybridized carbons (Fsp3) is 0.214. The van der Waals surface area contributed by atoms with Crippen LogP contribution in [-0.4, -0.2) is 24.3 Å². The zero-order chi connectivity index (χ0) is 15.5. The van der Waals surface area contributed by atoms with Gasteiger partial charge >= 0.3 is 0 Å². The summed E-state index contributed by atoms with van der Waals surface area (Å²) in [5, 5.41) is 0.232. The summed E-state index contributed by atoms with van der Waals surface area (Å²) in [5.41, 5.74) is 6.84. The second-order valence-corrected chi connectivity index (χ2v) is 6.82. The van der Waals surface area contributed by atoms with E-state index in [0.717, 1.165) is 5.56 Å². The van der Waals surface area contributed by atoms with Crippen LogP contribution >= 0.6 is 11.6 Å². The molecule has 112 valence electrons. The molecule has 0 aliphatic rings. The van der Waals surface area contributed by atoms with E-state index >= 15 is 0 Å². The summed E-state index contributed by atoms with van der Waals surface area (Å²) in [7, 11) is -3.62. The summed E-state index contributed by atoms with van der Waals surface area (Å²) < 4.78 is 26.7. The Labute approximate surface area is 129 Å². The summed E-state index contributed by atoms with van der Waals surface area (Å²) in [6.07, 6.45) is 3.27. The summed E-state index contributed by atoms with van der Waals surface area (Å²) in [5.74, 6) is 0. The SMILES string of the molecule is CCN(Cc1ccncc1)S(=O)(=O)c1ccc(N)c(Cl)c1. The summed E-state index contributed by atoms with van der Waals surface area (Å²) in [6.45, 7) is 2.42.